The average Bonchev–Trinajstić information content (AvgIpc) is 2.76. The second kappa shape index (κ2) is 12.4. The molecule has 176 valence electrons. The van der Waals surface area contributed by atoms with Crippen LogP contribution in [0, 0.1) is 0 Å². The van der Waals surface area contributed by atoms with E-state index in [0.717, 1.165) is 24.0 Å². The van der Waals surface area contributed by atoms with Gasteiger partial charge in [0, 0.05) is 0 Å². The Bertz CT molecular complexity index is 807. The molecule has 0 bridgehead atoms. The van der Waals surface area contributed by atoms with Crippen molar-refractivity contribution < 1.29 is 19.8 Å². The highest BCUT2D eigenvalue weighted by Gasteiger charge is 2.21. The summed E-state index contributed by atoms with van der Waals surface area (Å²) in [5, 5.41) is 19.3. The molecule has 0 saturated heterocycles. The number of aromatic hydroxyl groups is 2. The molecular formula is C28H40O4. The number of carbonyl (C=O) groups is 2. The van der Waals surface area contributed by atoms with Crippen LogP contribution >= 0.6 is 0 Å². The molecular weight excluding hydrogens is 400 g/mol. The van der Waals surface area contributed by atoms with Gasteiger partial charge in [-0.15, -0.1) is 0 Å². The van der Waals surface area contributed by atoms with E-state index in [4.69, 9.17) is 0 Å². The molecule has 0 spiro atoms. The summed E-state index contributed by atoms with van der Waals surface area (Å²) >= 11 is 0. The summed E-state index contributed by atoms with van der Waals surface area (Å²) in [5.74, 6) is 0.161. The van der Waals surface area contributed by atoms with E-state index in [1.807, 2.05) is 12.1 Å². The fourth-order valence-corrected chi connectivity index (χ4v) is 3.65. The van der Waals surface area contributed by atoms with Gasteiger partial charge in [-0.3, -0.25) is 9.59 Å². The molecule has 2 N–H and O–H groups in total. The minimum Gasteiger partial charge on any atom is -0.507 e. The minimum atomic E-state index is 0.0505. The maximum atomic E-state index is 10.6. The van der Waals surface area contributed by atoms with Gasteiger partial charge < -0.3 is 10.2 Å². The van der Waals surface area contributed by atoms with Crippen LogP contribution in [-0.2, 0) is 10.8 Å². The third-order valence-corrected chi connectivity index (χ3v) is 6.19. The smallest absolute Gasteiger partial charge is 0.153 e. The van der Waals surface area contributed by atoms with E-state index >= 15 is 0 Å². The van der Waals surface area contributed by atoms with Crippen molar-refractivity contribution in [2.75, 3.05) is 0 Å². The Balaban J connectivity index is 0.000000320. The van der Waals surface area contributed by atoms with Gasteiger partial charge in [-0.2, -0.15) is 0 Å². The Morgan fingerprint density at radius 1 is 0.688 bits per heavy atom. The summed E-state index contributed by atoms with van der Waals surface area (Å²) in [7, 11) is 0. The van der Waals surface area contributed by atoms with E-state index in [9.17, 15) is 19.8 Å². The zero-order chi connectivity index (χ0) is 24.4. The SMILES string of the molecule is CCCCC(C)(C)c1ccc(C=O)c(O)c1.CCCCC(C)(C)c1ccc(C=O)c(O)c1. The summed E-state index contributed by atoms with van der Waals surface area (Å²) < 4.78 is 0. The van der Waals surface area contributed by atoms with E-state index in [2.05, 4.69) is 41.5 Å². The highest BCUT2D eigenvalue weighted by molar-refractivity contribution is 5.79. The largest absolute Gasteiger partial charge is 0.507 e. The molecule has 0 unspecified atom stereocenters. The lowest BCUT2D eigenvalue weighted by Crippen LogP contribution is -2.16. The Kier molecular flexibility index (Phi) is 10.6. The van der Waals surface area contributed by atoms with Crippen molar-refractivity contribution in [3.05, 3.63) is 58.7 Å². The van der Waals surface area contributed by atoms with Gasteiger partial charge in [-0.05, 0) is 59.1 Å². The number of unbranched alkanes of at least 4 members (excludes halogenated alkanes) is 2. The van der Waals surface area contributed by atoms with Gasteiger partial charge in [0.15, 0.2) is 12.6 Å². The fraction of sp³-hybridized carbons (Fsp3) is 0.500. The van der Waals surface area contributed by atoms with E-state index < -0.39 is 0 Å². The Morgan fingerprint density at radius 3 is 1.28 bits per heavy atom. The van der Waals surface area contributed by atoms with Crippen molar-refractivity contribution in [2.24, 2.45) is 0 Å². The summed E-state index contributed by atoms with van der Waals surface area (Å²) in [6, 6.07) is 10.6. The van der Waals surface area contributed by atoms with Crippen LogP contribution in [0.1, 0.15) is 112 Å². The molecule has 0 fully saturated rings. The summed E-state index contributed by atoms with van der Waals surface area (Å²) in [6.45, 7) is 13.0. The zero-order valence-corrected chi connectivity index (χ0v) is 20.6. The van der Waals surface area contributed by atoms with Crippen molar-refractivity contribution in [1.82, 2.24) is 0 Å². The van der Waals surface area contributed by atoms with Gasteiger partial charge in [0.1, 0.15) is 11.5 Å². The second-order valence-electron chi connectivity index (χ2n) is 9.76. The molecule has 2 aromatic rings. The molecule has 0 heterocycles. The predicted octanol–water partition coefficient (Wildman–Crippen LogP) is 7.35. The van der Waals surface area contributed by atoms with Crippen molar-refractivity contribution in [3.63, 3.8) is 0 Å². The first-order chi connectivity index (χ1) is 15.0. The lowest BCUT2D eigenvalue weighted by atomic mass is 9.80. The first-order valence-corrected chi connectivity index (χ1v) is 11.6. The standard InChI is InChI=1S/2C14H20O2/c2*1-4-5-8-14(2,3)12-7-6-11(10-15)13(16)9-12/h2*6-7,9-10,16H,4-5,8H2,1-3H3. The highest BCUT2D eigenvalue weighted by Crippen LogP contribution is 2.33. The molecule has 2 aromatic carbocycles. The third-order valence-electron chi connectivity index (χ3n) is 6.19. The maximum absolute atomic E-state index is 10.6. The van der Waals surface area contributed by atoms with Crippen LogP contribution < -0.4 is 0 Å². The van der Waals surface area contributed by atoms with Crippen LogP contribution in [0.15, 0.2) is 36.4 Å². The summed E-state index contributed by atoms with van der Waals surface area (Å²) in [5.41, 5.74) is 2.99. The van der Waals surface area contributed by atoms with Gasteiger partial charge in [0.25, 0.3) is 0 Å². The molecule has 0 aliphatic carbocycles. The lowest BCUT2D eigenvalue weighted by molar-refractivity contribution is 0.111. The molecule has 32 heavy (non-hydrogen) atoms. The average molecular weight is 441 g/mol. The second-order valence-corrected chi connectivity index (χ2v) is 9.76. The van der Waals surface area contributed by atoms with Crippen LogP contribution in [-0.4, -0.2) is 22.8 Å². The van der Waals surface area contributed by atoms with E-state index in [0.29, 0.717) is 23.7 Å². The van der Waals surface area contributed by atoms with E-state index in [1.165, 1.54) is 25.7 Å². The minimum absolute atomic E-state index is 0.0505. The molecule has 4 heteroatoms. The molecule has 0 saturated carbocycles. The fourth-order valence-electron chi connectivity index (χ4n) is 3.65. The zero-order valence-electron chi connectivity index (χ0n) is 20.6. The molecule has 0 aliphatic rings. The maximum Gasteiger partial charge on any atom is 0.153 e. The Labute approximate surface area is 193 Å². The monoisotopic (exact) mass is 440 g/mol. The molecule has 0 aliphatic heterocycles. The number of carbonyl (C=O) groups excluding carboxylic acids is 2. The first kappa shape index (κ1) is 27.4. The normalized spacial score (nSPS) is 11.4. The molecule has 4 nitrogen and oxygen atoms in total. The van der Waals surface area contributed by atoms with Gasteiger partial charge in [0.05, 0.1) is 11.1 Å². The summed E-state index contributed by atoms with van der Waals surface area (Å²) in [4.78, 5) is 21.2. The molecule has 2 rings (SSSR count). The third kappa shape index (κ3) is 7.81. The molecule has 0 radical (unpaired) electrons. The quantitative estimate of drug-likeness (QED) is 0.379. The van der Waals surface area contributed by atoms with Gasteiger partial charge in [0.2, 0.25) is 0 Å². The first-order valence-electron chi connectivity index (χ1n) is 11.6. The van der Waals surface area contributed by atoms with E-state index in [-0.39, 0.29) is 22.3 Å². The Morgan fingerprint density at radius 2 is 1.03 bits per heavy atom. The van der Waals surface area contributed by atoms with Gasteiger partial charge >= 0.3 is 0 Å². The Hall–Kier alpha value is -2.62. The highest BCUT2D eigenvalue weighted by atomic mass is 16.3. The van der Waals surface area contributed by atoms with Crippen LogP contribution in [0.4, 0.5) is 0 Å². The van der Waals surface area contributed by atoms with Gasteiger partial charge in [-0.25, -0.2) is 0 Å². The van der Waals surface area contributed by atoms with Crippen LogP contribution in [0.25, 0.3) is 0 Å². The number of phenols is 2. The molecule has 0 aromatic heterocycles. The number of aldehydes is 2. The van der Waals surface area contributed by atoms with Crippen molar-refractivity contribution in [3.8, 4) is 11.5 Å². The summed E-state index contributed by atoms with van der Waals surface area (Å²) in [6.07, 6.45) is 8.21. The number of rotatable bonds is 10. The number of benzene rings is 2. The topological polar surface area (TPSA) is 74.6 Å². The predicted molar refractivity (Wildman–Crippen MR) is 132 cm³/mol. The van der Waals surface area contributed by atoms with Crippen molar-refractivity contribution in [1.29, 1.82) is 0 Å². The van der Waals surface area contributed by atoms with Crippen LogP contribution in [0.5, 0.6) is 11.5 Å². The number of hydrogen-bond donors (Lipinski definition) is 2. The van der Waals surface area contributed by atoms with E-state index in [1.54, 1.807) is 24.3 Å². The lowest BCUT2D eigenvalue weighted by Gasteiger charge is -2.25. The van der Waals surface area contributed by atoms with Crippen molar-refractivity contribution in [2.45, 2.75) is 90.9 Å². The van der Waals surface area contributed by atoms with Crippen LogP contribution in [0.3, 0.4) is 0 Å². The number of phenolic OH excluding ortho intramolecular Hbond substituents is 2. The van der Waals surface area contributed by atoms with Crippen LogP contribution in [0.2, 0.25) is 0 Å². The van der Waals surface area contributed by atoms with Crippen molar-refractivity contribution >= 4 is 12.6 Å². The number of hydrogen-bond acceptors (Lipinski definition) is 4. The molecule has 0 amide bonds. The van der Waals surface area contributed by atoms with Gasteiger partial charge in [-0.1, -0.05) is 79.4 Å². The molecule has 0 atom stereocenters.